The molecule has 3 aromatic rings. The van der Waals surface area contributed by atoms with E-state index in [0.29, 0.717) is 0 Å². The van der Waals surface area contributed by atoms with Crippen molar-refractivity contribution in [2.24, 2.45) is 0 Å². The van der Waals surface area contributed by atoms with Crippen LogP contribution in [0.1, 0.15) is 5.56 Å². The summed E-state index contributed by atoms with van der Waals surface area (Å²) >= 11 is 0. The smallest absolute Gasteiger partial charge is 0.403 e. The van der Waals surface area contributed by atoms with Crippen molar-refractivity contribution in [2.45, 2.75) is 6.18 Å². The maximum Gasteiger partial charge on any atom is 0.416 e. The lowest BCUT2D eigenvalue weighted by atomic mass is 10.1. The van der Waals surface area contributed by atoms with Crippen molar-refractivity contribution >= 4 is 11.0 Å². The summed E-state index contributed by atoms with van der Waals surface area (Å²) in [5, 5.41) is 0.216. The number of rotatable bonds is 1. The molecule has 7 heteroatoms. The molecule has 106 valence electrons. The molecule has 0 aliphatic heterocycles. The van der Waals surface area contributed by atoms with Crippen LogP contribution in [0.3, 0.4) is 0 Å². The van der Waals surface area contributed by atoms with Gasteiger partial charge in [0.1, 0.15) is 5.39 Å². The van der Waals surface area contributed by atoms with E-state index < -0.39 is 17.4 Å². The number of halogens is 3. The fourth-order valence-electron chi connectivity index (χ4n) is 1.83. The first-order chi connectivity index (χ1) is 9.95. The van der Waals surface area contributed by atoms with Crippen molar-refractivity contribution in [3.8, 4) is 11.5 Å². The quantitative estimate of drug-likeness (QED) is 0.690. The largest absolute Gasteiger partial charge is 0.416 e. The Bertz CT molecular complexity index is 854. The molecule has 0 atom stereocenters. The predicted molar refractivity (Wildman–Crippen MR) is 68.5 cm³/mol. The molecular formula is C14H7F3N2O2. The van der Waals surface area contributed by atoms with Crippen molar-refractivity contribution in [3.05, 3.63) is 58.6 Å². The number of benzene rings is 1. The van der Waals surface area contributed by atoms with Crippen molar-refractivity contribution in [1.29, 1.82) is 0 Å². The first-order valence-corrected chi connectivity index (χ1v) is 5.89. The van der Waals surface area contributed by atoms with E-state index >= 15 is 0 Å². The summed E-state index contributed by atoms with van der Waals surface area (Å²) < 4.78 is 42.5. The third kappa shape index (κ3) is 2.49. The molecule has 2 aromatic heterocycles. The van der Waals surface area contributed by atoms with Crippen LogP contribution < -0.4 is 5.63 Å². The Morgan fingerprint density at radius 1 is 1.05 bits per heavy atom. The summed E-state index contributed by atoms with van der Waals surface area (Å²) in [6.45, 7) is 0. The number of alkyl halides is 3. The van der Waals surface area contributed by atoms with E-state index in [2.05, 4.69) is 9.97 Å². The van der Waals surface area contributed by atoms with E-state index in [1.54, 1.807) is 6.07 Å². The molecule has 0 saturated heterocycles. The van der Waals surface area contributed by atoms with E-state index in [0.717, 1.165) is 12.1 Å². The molecule has 21 heavy (non-hydrogen) atoms. The van der Waals surface area contributed by atoms with Crippen LogP contribution in [0.4, 0.5) is 13.2 Å². The molecule has 0 N–H and O–H groups in total. The lowest BCUT2D eigenvalue weighted by Crippen LogP contribution is -2.05. The Morgan fingerprint density at radius 3 is 2.43 bits per heavy atom. The Balaban J connectivity index is 2.10. The first-order valence-electron chi connectivity index (χ1n) is 5.89. The molecule has 1 aromatic carbocycles. The van der Waals surface area contributed by atoms with Crippen molar-refractivity contribution < 1.29 is 17.6 Å². The number of hydrogen-bond donors (Lipinski definition) is 0. The van der Waals surface area contributed by atoms with Gasteiger partial charge in [-0.3, -0.25) is 0 Å². The fraction of sp³-hybridized carbons (Fsp3) is 0.0714. The van der Waals surface area contributed by atoms with Gasteiger partial charge in [-0.1, -0.05) is 0 Å². The number of pyridine rings is 1. The maximum absolute atomic E-state index is 12.5. The molecule has 0 bridgehead atoms. The van der Waals surface area contributed by atoms with Gasteiger partial charge in [0.2, 0.25) is 5.89 Å². The molecule has 2 heterocycles. The van der Waals surface area contributed by atoms with E-state index in [4.69, 9.17) is 4.42 Å². The van der Waals surface area contributed by atoms with Crippen LogP contribution in [-0.2, 0) is 6.18 Å². The summed E-state index contributed by atoms with van der Waals surface area (Å²) in [6, 6.07) is 7.28. The molecular weight excluding hydrogens is 285 g/mol. The van der Waals surface area contributed by atoms with Gasteiger partial charge in [0.05, 0.1) is 5.56 Å². The van der Waals surface area contributed by atoms with Gasteiger partial charge >= 0.3 is 11.8 Å². The highest BCUT2D eigenvalue weighted by molar-refractivity contribution is 5.74. The summed E-state index contributed by atoms with van der Waals surface area (Å²) in [5.74, 6) is -0.0695. The molecule has 0 amide bonds. The Kier molecular flexibility index (Phi) is 2.97. The SMILES string of the molecule is O=c1oc(-c2ccc(C(F)(F)F)cc2)nc2ncccc12. The van der Waals surface area contributed by atoms with E-state index in [1.807, 2.05) is 0 Å². The minimum absolute atomic E-state index is 0.0695. The Morgan fingerprint density at radius 2 is 1.76 bits per heavy atom. The van der Waals surface area contributed by atoms with Gasteiger partial charge in [-0.15, -0.1) is 0 Å². The van der Waals surface area contributed by atoms with Gasteiger partial charge < -0.3 is 4.42 Å². The second kappa shape index (κ2) is 4.69. The van der Waals surface area contributed by atoms with Crippen molar-refractivity contribution in [3.63, 3.8) is 0 Å². The van der Waals surface area contributed by atoms with Crippen LogP contribution in [-0.4, -0.2) is 9.97 Å². The average Bonchev–Trinajstić information content (AvgIpc) is 2.46. The standard InChI is InChI=1S/C14H7F3N2O2/c15-14(16,17)9-5-3-8(4-6-9)12-19-11-10(13(20)21-12)2-1-7-18-11/h1-7H. The van der Waals surface area contributed by atoms with Crippen LogP contribution in [0, 0.1) is 0 Å². The topological polar surface area (TPSA) is 56.0 Å². The normalized spacial score (nSPS) is 11.8. The third-order valence-corrected chi connectivity index (χ3v) is 2.86. The summed E-state index contributed by atoms with van der Waals surface area (Å²) in [4.78, 5) is 19.7. The molecule has 0 saturated carbocycles. The Labute approximate surface area is 115 Å². The van der Waals surface area contributed by atoms with Gasteiger partial charge in [-0.2, -0.15) is 18.2 Å². The molecule has 0 spiro atoms. The van der Waals surface area contributed by atoms with Gasteiger partial charge in [0.25, 0.3) is 0 Å². The van der Waals surface area contributed by atoms with E-state index in [9.17, 15) is 18.0 Å². The Hall–Kier alpha value is -2.70. The second-order valence-electron chi connectivity index (χ2n) is 4.26. The first kappa shape index (κ1) is 13.3. The molecule has 0 aliphatic carbocycles. The predicted octanol–water partition coefficient (Wildman–Crippen LogP) is 3.27. The summed E-state index contributed by atoms with van der Waals surface area (Å²) in [7, 11) is 0. The highest BCUT2D eigenvalue weighted by atomic mass is 19.4. The number of nitrogens with zero attached hydrogens (tertiary/aromatic N) is 2. The summed E-state index contributed by atoms with van der Waals surface area (Å²) in [5.41, 5.74) is -0.966. The maximum atomic E-state index is 12.5. The minimum Gasteiger partial charge on any atom is -0.403 e. The van der Waals surface area contributed by atoms with Crippen molar-refractivity contribution in [2.75, 3.05) is 0 Å². The molecule has 4 nitrogen and oxygen atoms in total. The second-order valence-corrected chi connectivity index (χ2v) is 4.26. The molecule has 0 aliphatic rings. The molecule has 0 radical (unpaired) electrons. The van der Waals surface area contributed by atoms with Gasteiger partial charge in [-0.25, -0.2) is 9.78 Å². The lowest BCUT2D eigenvalue weighted by molar-refractivity contribution is -0.137. The fourth-order valence-corrected chi connectivity index (χ4v) is 1.83. The van der Waals surface area contributed by atoms with E-state index in [-0.39, 0.29) is 22.5 Å². The van der Waals surface area contributed by atoms with Crippen LogP contribution in [0.2, 0.25) is 0 Å². The highest BCUT2D eigenvalue weighted by Gasteiger charge is 2.30. The van der Waals surface area contributed by atoms with Gasteiger partial charge in [0, 0.05) is 11.8 Å². The monoisotopic (exact) mass is 292 g/mol. The molecule has 0 fully saturated rings. The van der Waals surface area contributed by atoms with Crippen LogP contribution in [0.15, 0.2) is 51.8 Å². The zero-order valence-corrected chi connectivity index (χ0v) is 10.4. The zero-order valence-electron chi connectivity index (χ0n) is 10.4. The van der Waals surface area contributed by atoms with E-state index in [1.165, 1.54) is 24.4 Å². The van der Waals surface area contributed by atoms with Crippen LogP contribution in [0.5, 0.6) is 0 Å². The zero-order chi connectivity index (χ0) is 15.0. The average molecular weight is 292 g/mol. The third-order valence-electron chi connectivity index (χ3n) is 2.86. The van der Waals surface area contributed by atoms with Crippen LogP contribution in [0.25, 0.3) is 22.5 Å². The number of fused-ring (bicyclic) bond motifs is 1. The van der Waals surface area contributed by atoms with Gasteiger partial charge in [0.15, 0.2) is 5.65 Å². The van der Waals surface area contributed by atoms with Gasteiger partial charge in [-0.05, 0) is 36.4 Å². The van der Waals surface area contributed by atoms with Crippen molar-refractivity contribution in [1.82, 2.24) is 9.97 Å². The minimum atomic E-state index is -4.42. The number of hydrogen-bond acceptors (Lipinski definition) is 4. The summed E-state index contributed by atoms with van der Waals surface area (Å²) in [6.07, 6.45) is -2.96. The highest BCUT2D eigenvalue weighted by Crippen LogP contribution is 2.30. The van der Waals surface area contributed by atoms with Crippen LogP contribution >= 0.6 is 0 Å². The molecule has 3 rings (SSSR count). The molecule has 0 unspecified atom stereocenters. The lowest BCUT2D eigenvalue weighted by Gasteiger charge is -2.06. The number of aromatic nitrogens is 2.